The Kier molecular flexibility index (Phi) is 9.65. The molecule has 1 amide bonds. The van der Waals surface area contributed by atoms with Gasteiger partial charge in [-0.1, -0.05) is 59.1 Å². The van der Waals surface area contributed by atoms with E-state index in [-0.39, 0.29) is 21.4 Å². The molecule has 4 aromatic rings. The van der Waals surface area contributed by atoms with Gasteiger partial charge in [0.15, 0.2) is 0 Å². The number of methoxy groups -OCH3 is 1. The minimum absolute atomic E-state index is 0.0196. The van der Waals surface area contributed by atoms with Gasteiger partial charge in [-0.05, 0) is 79.6 Å². The van der Waals surface area contributed by atoms with E-state index in [9.17, 15) is 13.2 Å². The highest BCUT2D eigenvalue weighted by Gasteiger charge is 2.29. The second-order valence-electron chi connectivity index (χ2n) is 9.28. The van der Waals surface area contributed by atoms with E-state index in [1.807, 2.05) is 38.1 Å². The lowest BCUT2D eigenvalue weighted by atomic mass is 10.2. The zero-order valence-corrected chi connectivity index (χ0v) is 24.4. The number of amides is 1. The first kappa shape index (κ1) is 29.6. The van der Waals surface area contributed by atoms with Crippen LogP contribution in [0.1, 0.15) is 22.3 Å². The van der Waals surface area contributed by atoms with Crippen LogP contribution in [-0.2, 0) is 21.4 Å². The number of hydrogen-bond donors (Lipinski definition) is 1. The standard InChI is InChI=1S/C31H30ClN3O5S/c1-22-4-8-25(9-5-22)21-40-27-13-10-24(11-14-27)19-33-34-31(36)20-35(29-18-26(32)12-17-30(29)39-3)41(37,38)28-15-6-23(2)7-16-28/h4-19H,20-21H2,1-3H3,(H,34,36)/b33-19-. The van der Waals surface area contributed by atoms with E-state index < -0.39 is 22.5 Å². The summed E-state index contributed by atoms with van der Waals surface area (Å²) in [7, 11) is -2.75. The average Bonchev–Trinajstić information content (AvgIpc) is 2.96. The first-order valence-electron chi connectivity index (χ1n) is 12.7. The average molecular weight is 592 g/mol. The van der Waals surface area contributed by atoms with Gasteiger partial charge in [0.05, 0.1) is 23.9 Å². The lowest BCUT2D eigenvalue weighted by Crippen LogP contribution is -2.39. The number of halogens is 1. The number of carbonyl (C=O) groups is 1. The van der Waals surface area contributed by atoms with Crippen molar-refractivity contribution < 1.29 is 22.7 Å². The van der Waals surface area contributed by atoms with E-state index in [1.54, 1.807) is 48.5 Å². The minimum atomic E-state index is -4.16. The lowest BCUT2D eigenvalue weighted by molar-refractivity contribution is -0.119. The van der Waals surface area contributed by atoms with E-state index in [1.165, 1.54) is 37.1 Å². The van der Waals surface area contributed by atoms with Crippen LogP contribution in [-0.4, -0.2) is 34.2 Å². The van der Waals surface area contributed by atoms with Crippen LogP contribution in [0.25, 0.3) is 0 Å². The van der Waals surface area contributed by atoms with Gasteiger partial charge >= 0.3 is 0 Å². The van der Waals surface area contributed by atoms with Gasteiger partial charge in [-0.2, -0.15) is 5.10 Å². The third-order valence-corrected chi connectivity index (χ3v) is 8.12. The smallest absolute Gasteiger partial charge is 0.264 e. The molecule has 0 saturated carbocycles. The minimum Gasteiger partial charge on any atom is -0.495 e. The molecule has 0 aliphatic rings. The maximum atomic E-state index is 13.6. The summed E-state index contributed by atoms with van der Waals surface area (Å²) in [6.45, 7) is 3.78. The van der Waals surface area contributed by atoms with Gasteiger partial charge in [0.1, 0.15) is 24.7 Å². The predicted octanol–water partition coefficient (Wildman–Crippen LogP) is 5.89. The molecule has 212 valence electrons. The van der Waals surface area contributed by atoms with Crippen molar-refractivity contribution in [1.82, 2.24) is 5.43 Å². The highest BCUT2D eigenvalue weighted by molar-refractivity contribution is 7.92. The molecule has 0 bridgehead atoms. The van der Waals surface area contributed by atoms with Crippen molar-refractivity contribution in [2.75, 3.05) is 18.0 Å². The molecule has 0 atom stereocenters. The van der Waals surface area contributed by atoms with Gasteiger partial charge < -0.3 is 9.47 Å². The summed E-state index contributed by atoms with van der Waals surface area (Å²) in [4.78, 5) is 12.9. The molecule has 0 spiro atoms. The Morgan fingerprint density at radius 1 is 0.927 bits per heavy atom. The van der Waals surface area contributed by atoms with Crippen LogP contribution in [0.4, 0.5) is 5.69 Å². The molecule has 1 N–H and O–H groups in total. The van der Waals surface area contributed by atoms with Gasteiger partial charge in [0.2, 0.25) is 0 Å². The van der Waals surface area contributed by atoms with Crippen LogP contribution < -0.4 is 19.2 Å². The third-order valence-electron chi connectivity index (χ3n) is 6.11. The summed E-state index contributed by atoms with van der Waals surface area (Å²) in [6, 6.07) is 26.2. The summed E-state index contributed by atoms with van der Waals surface area (Å²) in [5, 5.41) is 4.29. The van der Waals surface area contributed by atoms with Crippen molar-refractivity contribution in [2.24, 2.45) is 5.10 Å². The predicted molar refractivity (Wildman–Crippen MR) is 161 cm³/mol. The van der Waals surface area contributed by atoms with Crippen molar-refractivity contribution in [1.29, 1.82) is 0 Å². The normalized spacial score (nSPS) is 11.3. The van der Waals surface area contributed by atoms with Crippen LogP contribution in [0, 0.1) is 13.8 Å². The number of sulfonamides is 1. The van der Waals surface area contributed by atoms with Crippen LogP contribution >= 0.6 is 11.6 Å². The number of benzene rings is 4. The summed E-state index contributed by atoms with van der Waals surface area (Å²) in [6.07, 6.45) is 1.46. The topological polar surface area (TPSA) is 97.3 Å². The first-order chi connectivity index (χ1) is 19.7. The van der Waals surface area contributed by atoms with Crippen LogP contribution in [0.5, 0.6) is 11.5 Å². The maximum Gasteiger partial charge on any atom is 0.264 e. The summed E-state index contributed by atoms with van der Waals surface area (Å²) >= 11 is 6.18. The molecule has 8 nitrogen and oxygen atoms in total. The summed E-state index contributed by atoms with van der Waals surface area (Å²) in [5.74, 6) is 0.280. The SMILES string of the molecule is COc1ccc(Cl)cc1N(CC(=O)N/N=C\c1ccc(OCc2ccc(C)cc2)cc1)S(=O)(=O)c1ccc(C)cc1. The Morgan fingerprint density at radius 2 is 1.56 bits per heavy atom. The highest BCUT2D eigenvalue weighted by atomic mass is 35.5. The number of nitrogens with zero attached hydrogens (tertiary/aromatic N) is 2. The number of nitrogens with one attached hydrogen (secondary N) is 1. The molecule has 4 aromatic carbocycles. The zero-order valence-electron chi connectivity index (χ0n) is 22.9. The maximum absolute atomic E-state index is 13.6. The van der Waals surface area contributed by atoms with Crippen molar-refractivity contribution in [3.63, 3.8) is 0 Å². The molecule has 0 heterocycles. The fourth-order valence-corrected chi connectivity index (χ4v) is 5.43. The van der Waals surface area contributed by atoms with E-state index in [0.29, 0.717) is 17.9 Å². The van der Waals surface area contributed by atoms with Gasteiger partial charge in [0.25, 0.3) is 15.9 Å². The largest absolute Gasteiger partial charge is 0.495 e. The fraction of sp³-hybridized carbons (Fsp3) is 0.161. The van der Waals surface area contributed by atoms with Gasteiger partial charge in [-0.25, -0.2) is 13.8 Å². The number of anilines is 1. The second-order valence-corrected chi connectivity index (χ2v) is 11.6. The fourth-order valence-electron chi connectivity index (χ4n) is 3.84. The first-order valence-corrected chi connectivity index (χ1v) is 14.5. The number of rotatable bonds is 11. The molecule has 0 radical (unpaired) electrons. The van der Waals surface area contributed by atoms with E-state index in [0.717, 1.165) is 15.4 Å². The molecule has 0 saturated heterocycles. The van der Waals surface area contributed by atoms with Crippen LogP contribution in [0.15, 0.2) is 101 Å². The summed E-state index contributed by atoms with van der Waals surface area (Å²) in [5.41, 5.74) is 6.40. The number of carbonyl (C=O) groups excluding carboxylic acids is 1. The molecule has 0 fully saturated rings. The van der Waals surface area contributed by atoms with Gasteiger partial charge in [-0.15, -0.1) is 0 Å². The van der Waals surface area contributed by atoms with E-state index >= 15 is 0 Å². The lowest BCUT2D eigenvalue weighted by Gasteiger charge is -2.25. The van der Waals surface area contributed by atoms with E-state index in [4.69, 9.17) is 21.1 Å². The quantitative estimate of drug-likeness (QED) is 0.173. The Labute approximate surface area is 245 Å². The molecule has 41 heavy (non-hydrogen) atoms. The Bertz CT molecular complexity index is 1620. The molecule has 0 aromatic heterocycles. The van der Waals surface area contributed by atoms with Crippen molar-refractivity contribution in [2.45, 2.75) is 25.3 Å². The highest BCUT2D eigenvalue weighted by Crippen LogP contribution is 2.34. The number of hydrogen-bond acceptors (Lipinski definition) is 6. The van der Waals surface area contributed by atoms with Crippen molar-refractivity contribution in [3.8, 4) is 11.5 Å². The monoisotopic (exact) mass is 591 g/mol. The number of ether oxygens (including phenoxy) is 2. The van der Waals surface area contributed by atoms with Crippen LogP contribution in [0.3, 0.4) is 0 Å². The van der Waals surface area contributed by atoms with Crippen LogP contribution in [0.2, 0.25) is 5.02 Å². The van der Waals surface area contributed by atoms with Crippen molar-refractivity contribution in [3.05, 3.63) is 118 Å². The molecule has 10 heteroatoms. The third kappa shape index (κ3) is 7.87. The number of aryl methyl sites for hydroxylation is 2. The summed E-state index contributed by atoms with van der Waals surface area (Å²) < 4.78 is 39.4. The van der Waals surface area contributed by atoms with Gasteiger partial charge in [-0.3, -0.25) is 9.10 Å². The second kappa shape index (κ2) is 13.3. The Morgan fingerprint density at radius 3 is 2.20 bits per heavy atom. The number of hydrazone groups is 1. The molecular formula is C31H30ClN3O5S. The Balaban J connectivity index is 1.45. The Hall–Kier alpha value is -4.34. The zero-order chi connectivity index (χ0) is 29.4. The van der Waals surface area contributed by atoms with E-state index in [2.05, 4.69) is 10.5 Å². The molecule has 0 unspecified atom stereocenters. The van der Waals surface area contributed by atoms with Gasteiger partial charge in [0, 0.05) is 5.02 Å². The molecule has 0 aliphatic heterocycles. The molecular weight excluding hydrogens is 562 g/mol. The molecule has 4 rings (SSSR count). The molecule has 0 aliphatic carbocycles. The van der Waals surface area contributed by atoms with Crippen molar-refractivity contribution >= 4 is 39.4 Å².